The third-order valence-electron chi connectivity index (χ3n) is 5.17. The zero-order chi connectivity index (χ0) is 21.6. The van der Waals surface area contributed by atoms with Crippen molar-refractivity contribution >= 4 is 28.5 Å². The maximum atomic E-state index is 13.3. The van der Waals surface area contributed by atoms with Crippen LogP contribution in [0.15, 0.2) is 54.7 Å². The summed E-state index contributed by atoms with van der Waals surface area (Å²) in [6.45, 7) is 4.44. The third-order valence-corrected chi connectivity index (χ3v) is 6.40. The monoisotopic (exact) mass is 535 g/mol. The summed E-state index contributed by atoms with van der Waals surface area (Å²) < 4.78 is 27.1. The lowest BCUT2D eigenvalue weighted by Crippen LogP contribution is -2.47. The van der Waals surface area contributed by atoms with E-state index in [1.165, 1.54) is 17.7 Å². The van der Waals surface area contributed by atoms with Crippen LogP contribution in [0.5, 0.6) is 0 Å². The molecule has 0 saturated carbocycles. The Morgan fingerprint density at radius 1 is 1.10 bits per heavy atom. The van der Waals surface area contributed by atoms with Crippen LogP contribution in [0.25, 0.3) is 11.3 Å². The van der Waals surface area contributed by atoms with E-state index in [1.807, 2.05) is 12.1 Å². The quantitative estimate of drug-likeness (QED) is 0.270. The van der Waals surface area contributed by atoms with Crippen molar-refractivity contribution in [1.29, 1.82) is 0 Å². The lowest BCUT2D eigenvalue weighted by molar-refractivity contribution is 0.221. The van der Waals surface area contributed by atoms with Gasteiger partial charge in [0.1, 0.15) is 11.6 Å². The van der Waals surface area contributed by atoms with E-state index in [2.05, 4.69) is 66.3 Å². The molecule has 4 rings (SSSR count). The van der Waals surface area contributed by atoms with Crippen LogP contribution in [-0.4, -0.2) is 45.1 Å². The van der Waals surface area contributed by atoms with E-state index in [0.29, 0.717) is 28.5 Å². The fraction of sp³-hybridized carbons (Fsp3) is 0.304. The number of nitrogens with zero attached hydrogens (tertiary/aromatic N) is 3. The summed E-state index contributed by atoms with van der Waals surface area (Å²) in [6, 6.07) is 13.9. The highest BCUT2D eigenvalue weighted by atomic mass is 127. The Hall–Kier alpha value is -2.17. The van der Waals surface area contributed by atoms with Crippen LogP contribution in [0.4, 0.5) is 14.7 Å². The maximum absolute atomic E-state index is 13.3. The van der Waals surface area contributed by atoms with Crippen molar-refractivity contribution in [2.75, 3.05) is 31.5 Å². The Morgan fingerprint density at radius 2 is 1.94 bits per heavy atom. The van der Waals surface area contributed by atoms with Gasteiger partial charge in [-0.05, 0) is 41.8 Å². The number of benzene rings is 2. The molecule has 1 saturated heterocycles. The van der Waals surface area contributed by atoms with Gasteiger partial charge in [0, 0.05) is 50.6 Å². The standard InChI is InChI=1S/C23H24F2IN5/c24-19-11-16(12-20(25)13-19)4-6-28-23-29-7-5-21(30-23)18-3-1-2-17(10-18)15-31-9-8-27-14-22(31)26/h1-3,5,7,10-13,22,27H,4,6,8-9,14-15H2,(H,28,29,30)/t22-/m0/s1. The van der Waals surface area contributed by atoms with Gasteiger partial charge in [0.15, 0.2) is 0 Å². The minimum absolute atomic E-state index is 0.472. The molecule has 0 radical (unpaired) electrons. The lowest BCUT2D eigenvalue weighted by atomic mass is 10.1. The van der Waals surface area contributed by atoms with E-state index in [9.17, 15) is 8.78 Å². The van der Waals surface area contributed by atoms with Crippen molar-refractivity contribution in [2.24, 2.45) is 0 Å². The Morgan fingerprint density at radius 3 is 2.74 bits per heavy atom. The molecule has 2 heterocycles. The van der Waals surface area contributed by atoms with E-state index in [1.54, 1.807) is 6.20 Å². The second-order valence-corrected chi connectivity index (χ2v) is 8.97. The van der Waals surface area contributed by atoms with Crippen LogP contribution in [0, 0.1) is 11.6 Å². The van der Waals surface area contributed by atoms with Crippen LogP contribution < -0.4 is 10.6 Å². The Balaban J connectivity index is 1.40. The van der Waals surface area contributed by atoms with Crippen LogP contribution >= 0.6 is 22.6 Å². The number of hydrogen-bond acceptors (Lipinski definition) is 5. The predicted molar refractivity (Wildman–Crippen MR) is 127 cm³/mol. The highest BCUT2D eigenvalue weighted by Gasteiger charge is 2.19. The fourth-order valence-corrected chi connectivity index (χ4v) is 4.42. The van der Waals surface area contributed by atoms with Crippen molar-refractivity contribution in [1.82, 2.24) is 20.2 Å². The average Bonchev–Trinajstić information content (AvgIpc) is 2.75. The minimum atomic E-state index is -0.567. The van der Waals surface area contributed by atoms with Crippen LogP contribution in [0.2, 0.25) is 0 Å². The van der Waals surface area contributed by atoms with Crippen molar-refractivity contribution in [3.63, 3.8) is 0 Å². The molecule has 2 aromatic carbocycles. The molecule has 1 atom stereocenters. The molecule has 1 fully saturated rings. The van der Waals surface area contributed by atoms with Gasteiger partial charge in [-0.3, -0.25) is 4.90 Å². The number of halogens is 3. The van der Waals surface area contributed by atoms with Gasteiger partial charge in [0.2, 0.25) is 5.95 Å². The minimum Gasteiger partial charge on any atom is -0.354 e. The van der Waals surface area contributed by atoms with Crippen LogP contribution in [-0.2, 0) is 13.0 Å². The first-order valence-corrected chi connectivity index (χ1v) is 11.5. The Bertz CT molecular complexity index is 1010. The molecule has 5 nitrogen and oxygen atoms in total. The van der Waals surface area contributed by atoms with E-state index >= 15 is 0 Å². The van der Waals surface area contributed by atoms with E-state index < -0.39 is 11.6 Å². The highest BCUT2D eigenvalue weighted by molar-refractivity contribution is 14.1. The number of rotatable bonds is 7. The molecular weight excluding hydrogens is 511 g/mol. The fourth-order valence-electron chi connectivity index (χ4n) is 3.63. The molecular formula is C23H24F2IN5. The van der Waals surface area contributed by atoms with Crippen LogP contribution in [0.3, 0.4) is 0 Å². The zero-order valence-corrected chi connectivity index (χ0v) is 19.1. The number of piperazine rings is 1. The summed E-state index contributed by atoms with van der Waals surface area (Å²) in [5.74, 6) is -0.639. The topological polar surface area (TPSA) is 53.1 Å². The van der Waals surface area contributed by atoms with E-state index in [4.69, 9.17) is 0 Å². The number of hydrogen-bond donors (Lipinski definition) is 2. The van der Waals surface area contributed by atoms with E-state index in [0.717, 1.165) is 43.5 Å². The first kappa shape index (κ1) is 22.0. The van der Waals surface area contributed by atoms with Gasteiger partial charge < -0.3 is 10.6 Å². The van der Waals surface area contributed by atoms with Crippen molar-refractivity contribution in [3.8, 4) is 11.3 Å². The summed E-state index contributed by atoms with van der Waals surface area (Å²) >= 11 is 2.48. The highest BCUT2D eigenvalue weighted by Crippen LogP contribution is 2.22. The molecule has 3 aromatic rings. The maximum Gasteiger partial charge on any atom is 0.223 e. The number of nitrogens with one attached hydrogen (secondary N) is 2. The second kappa shape index (κ2) is 10.4. The van der Waals surface area contributed by atoms with Gasteiger partial charge in [0.25, 0.3) is 0 Å². The first-order chi connectivity index (χ1) is 15.1. The van der Waals surface area contributed by atoms with Crippen molar-refractivity contribution in [3.05, 3.63) is 77.5 Å². The largest absolute Gasteiger partial charge is 0.354 e. The number of alkyl halides is 1. The molecule has 1 aliphatic heterocycles. The molecule has 1 aromatic heterocycles. The zero-order valence-electron chi connectivity index (χ0n) is 17.0. The van der Waals surface area contributed by atoms with Gasteiger partial charge in [-0.1, -0.05) is 40.8 Å². The second-order valence-electron chi connectivity index (χ2n) is 7.53. The summed E-state index contributed by atoms with van der Waals surface area (Å²) in [5, 5.41) is 6.56. The lowest BCUT2D eigenvalue weighted by Gasteiger charge is -2.32. The van der Waals surface area contributed by atoms with Gasteiger partial charge >= 0.3 is 0 Å². The van der Waals surface area contributed by atoms with Gasteiger partial charge in [-0.25, -0.2) is 18.7 Å². The van der Waals surface area contributed by atoms with Gasteiger partial charge in [-0.15, -0.1) is 0 Å². The SMILES string of the molecule is Fc1cc(F)cc(CCNc2nccc(-c3cccc(CN4CCNC[C@H]4I)c3)n2)c1. The van der Waals surface area contributed by atoms with E-state index in [-0.39, 0.29) is 0 Å². The van der Waals surface area contributed by atoms with Crippen molar-refractivity contribution in [2.45, 2.75) is 17.0 Å². The van der Waals surface area contributed by atoms with Gasteiger partial charge in [0.05, 0.1) is 9.74 Å². The first-order valence-electron chi connectivity index (χ1n) is 10.3. The number of anilines is 1. The molecule has 0 amide bonds. The Kier molecular flexibility index (Phi) is 7.41. The molecule has 162 valence electrons. The normalized spacial score (nSPS) is 16.9. The molecule has 1 aliphatic rings. The molecule has 31 heavy (non-hydrogen) atoms. The summed E-state index contributed by atoms with van der Waals surface area (Å²) in [4.78, 5) is 11.4. The average molecular weight is 535 g/mol. The number of aromatic nitrogens is 2. The smallest absolute Gasteiger partial charge is 0.223 e. The predicted octanol–water partition coefficient (Wildman–Crippen LogP) is 4.24. The summed E-state index contributed by atoms with van der Waals surface area (Å²) in [6.07, 6.45) is 2.19. The molecule has 0 spiro atoms. The summed E-state index contributed by atoms with van der Waals surface area (Å²) in [5.41, 5.74) is 3.72. The molecule has 8 heteroatoms. The van der Waals surface area contributed by atoms with Crippen LogP contribution in [0.1, 0.15) is 11.1 Å². The summed E-state index contributed by atoms with van der Waals surface area (Å²) in [7, 11) is 0. The molecule has 2 N–H and O–H groups in total. The third kappa shape index (κ3) is 6.18. The van der Waals surface area contributed by atoms with Crippen molar-refractivity contribution < 1.29 is 8.78 Å². The Labute approximate surface area is 194 Å². The molecule has 0 aliphatic carbocycles. The molecule has 0 bridgehead atoms. The van der Waals surface area contributed by atoms with Gasteiger partial charge in [-0.2, -0.15) is 0 Å². The molecule has 0 unspecified atom stereocenters.